The maximum absolute atomic E-state index is 5.82. The second-order valence-electron chi connectivity index (χ2n) is 4.67. The van der Waals surface area contributed by atoms with Crippen molar-refractivity contribution in [3.8, 4) is 17.2 Å². The highest BCUT2D eigenvalue weighted by molar-refractivity contribution is 6.30. The molecule has 0 radical (unpaired) electrons. The molecule has 0 aromatic heterocycles. The molecule has 0 bridgehead atoms. The Balaban J connectivity index is 1.84. The largest absolute Gasteiger partial charge is 0.493 e. The van der Waals surface area contributed by atoms with Gasteiger partial charge in [0.15, 0.2) is 11.5 Å². The molecule has 0 saturated carbocycles. The lowest BCUT2D eigenvalue weighted by atomic mass is 10.1. The van der Waals surface area contributed by atoms with Gasteiger partial charge in [-0.2, -0.15) is 0 Å². The number of nitrogens with two attached hydrogens (primary N) is 1. The van der Waals surface area contributed by atoms with Crippen LogP contribution in [0.1, 0.15) is 5.56 Å². The van der Waals surface area contributed by atoms with Gasteiger partial charge in [-0.3, -0.25) is 0 Å². The highest BCUT2D eigenvalue weighted by Crippen LogP contribution is 2.28. The van der Waals surface area contributed by atoms with Crippen molar-refractivity contribution < 1.29 is 14.2 Å². The van der Waals surface area contributed by atoms with Crippen LogP contribution in [0, 0.1) is 0 Å². The van der Waals surface area contributed by atoms with Crippen molar-refractivity contribution in [1.29, 1.82) is 0 Å². The van der Waals surface area contributed by atoms with Crippen LogP contribution in [0.2, 0.25) is 5.02 Å². The Morgan fingerprint density at radius 1 is 0.955 bits per heavy atom. The summed E-state index contributed by atoms with van der Waals surface area (Å²) in [5, 5.41) is 0.686. The summed E-state index contributed by atoms with van der Waals surface area (Å²) in [6, 6.07) is 13.1. The molecule has 2 N–H and O–H groups in total. The number of methoxy groups -OCH3 is 1. The van der Waals surface area contributed by atoms with E-state index in [-0.39, 0.29) is 0 Å². The van der Waals surface area contributed by atoms with Gasteiger partial charge in [-0.1, -0.05) is 17.7 Å². The second kappa shape index (κ2) is 8.51. The van der Waals surface area contributed by atoms with Crippen LogP contribution < -0.4 is 19.9 Å². The zero-order valence-electron chi connectivity index (χ0n) is 12.5. The number of benzene rings is 2. The minimum Gasteiger partial charge on any atom is -0.493 e. The number of hydrogen-bond donors (Lipinski definition) is 1. The fourth-order valence-electron chi connectivity index (χ4n) is 2.00. The Morgan fingerprint density at radius 3 is 2.36 bits per heavy atom. The average molecular weight is 322 g/mol. The molecule has 0 heterocycles. The molecule has 0 unspecified atom stereocenters. The molecule has 0 aliphatic heterocycles. The van der Waals surface area contributed by atoms with Crippen molar-refractivity contribution in [2.75, 3.05) is 26.9 Å². The average Bonchev–Trinajstić information content (AvgIpc) is 2.54. The van der Waals surface area contributed by atoms with Crippen LogP contribution in [0.5, 0.6) is 17.2 Å². The Hall–Kier alpha value is -1.91. The molecular formula is C17H20ClNO3. The zero-order chi connectivity index (χ0) is 15.8. The van der Waals surface area contributed by atoms with Crippen molar-refractivity contribution >= 4 is 11.6 Å². The van der Waals surface area contributed by atoms with E-state index in [1.165, 1.54) is 0 Å². The quantitative estimate of drug-likeness (QED) is 0.758. The molecule has 0 aliphatic rings. The Morgan fingerprint density at radius 2 is 1.68 bits per heavy atom. The van der Waals surface area contributed by atoms with Crippen molar-refractivity contribution in [1.82, 2.24) is 0 Å². The molecule has 0 spiro atoms. The summed E-state index contributed by atoms with van der Waals surface area (Å²) in [5.41, 5.74) is 6.68. The van der Waals surface area contributed by atoms with E-state index in [1.54, 1.807) is 19.2 Å². The first-order chi connectivity index (χ1) is 10.7. The van der Waals surface area contributed by atoms with E-state index in [4.69, 9.17) is 31.5 Å². The van der Waals surface area contributed by atoms with Crippen LogP contribution in [0.25, 0.3) is 0 Å². The summed E-state index contributed by atoms with van der Waals surface area (Å²) in [6.07, 6.45) is 0.816. The van der Waals surface area contributed by atoms with E-state index in [9.17, 15) is 0 Å². The van der Waals surface area contributed by atoms with Gasteiger partial charge in [0.1, 0.15) is 19.0 Å². The molecule has 0 saturated heterocycles. The van der Waals surface area contributed by atoms with Crippen LogP contribution in [0.4, 0.5) is 0 Å². The minimum absolute atomic E-state index is 0.426. The van der Waals surface area contributed by atoms with Gasteiger partial charge in [-0.05, 0) is 54.9 Å². The van der Waals surface area contributed by atoms with Crippen molar-refractivity contribution in [2.45, 2.75) is 6.42 Å². The zero-order valence-corrected chi connectivity index (χ0v) is 13.3. The molecular weight excluding hydrogens is 302 g/mol. The monoisotopic (exact) mass is 321 g/mol. The lowest BCUT2D eigenvalue weighted by molar-refractivity contribution is 0.211. The molecule has 0 fully saturated rings. The van der Waals surface area contributed by atoms with Gasteiger partial charge in [-0.15, -0.1) is 0 Å². The summed E-state index contributed by atoms with van der Waals surface area (Å²) >= 11 is 5.82. The first-order valence-corrected chi connectivity index (χ1v) is 7.49. The Bertz CT molecular complexity index is 587. The van der Waals surface area contributed by atoms with Crippen LogP contribution in [0.3, 0.4) is 0 Å². The SMILES string of the molecule is COc1cc(CCN)ccc1OCCOc1ccc(Cl)cc1. The number of ether oxygens (including phenoxy) is 3. The van der Waals surface area contributed by atoms with Gasteiger partial charge >= 0.3 is 0 Å². The summed E-state index contributed by atoms with van der Waals surface area (Å²) in [7, 11) is 1.62. The van der Waals surface area contributed by atoms with Crippen LogP contribution in [-0.4, -0.2) is 26.9 Å². The third-order valence-electron chi connectivity index (χ3n) is 3.08. The lowest BCUT2D eigenvalue weighted by Crippen LogP contribution is -2.10. The predicted molar refractivity (Wildman–Crippen MR) is 88.2 cm³/mol. The number of hydrogen-bond acceptors (Lipinski definition) is 4. The molecule has 2 rings (SSSR count). The summed E-state index contributed by atoms with van der Waals surface area (Å²) in [6.45, 7) is 1.48. The number of rotatable bonds is 8. The van der Waals surface area contributed by atoms with Crippen molar-refractivity contribution in [2.24, 2.45) is 5.73 Å². The van der Waals surface area contributed by atoms with Crippen molar-refractivity contribution in [3.63, 3.8) is 0 Å². The van der Waals surface area contributed by atoms with E-state index in [0.717, 1.165) is 17.7 Å². The topological polar surface area (TPSA) is 53.7 Å². The highest BCUT2D eigenvalue weighted by Gasteiger charge is 2.05. The van der Waals surface area contributed by atoms with Gasteiger partial charge in [0, 0.05) is 5.02 Å². The predicted octanol–water partition coefficient (Wildman–Crippen LogP) is 3.31. The maximum atomic E-state index is 5.82. The lowest BCUT2D eigenvalue weighted by Gasteiger charge is -2.12. The summed E-state index contributed by atoms with van der Waals surface area (Å²) in [4.78, 5) is 0. The first kappa shape index (κ1) is 16.5. The molecule has 0 amide bonds. The molecule has 22 heavy (non-hydrogen) atoms. The van der Waals surface area contributed by atoms with E-state index < -0.39 is 0 Å². The third kappa shape index (κ3) is 4.83. The smallest absolute Gasteiger partial charge is 0.161 e. The van der Waals surface area contributed by atoms with E-state index >= 15 is 0 Å². The molecule has 2 aromatic rings. The van der Waals surface area contributed by atoms with Gasteiger partial charge < -0.3 is 19.9 Å². The van der Waals surface area contributed by atoms with E-state index in [1.807, 2.05) is 30.3 Å². The van der Waals surface area contributed by atoms with Crippen molar-refractivity contribution in [3.05, 3.63) is 53.1 Å². The normalized spacial score (nSPS) is 10.3. The standard InChI is InChI=1S/C17H20ClNO3/c1-20-17-12-13(8-9-19)2-7-16(17)22-11-10-21-15-5-3-14(18)4-6-15/h2-7,12H,8-11,19H2,1H3. The minimum atomic E-state index is 0.426. The Labute approximate surface area is 135 Å². The fourth-order valence-corrected chi connectivity index (χ4v) is 2.12. The van der Waals surface area contributed by atoms with Gasteiger partial charge in [0.05, 0.1) is 7.11 Å². The van der Waals surface area contributed by atoms with Crippen LogP contribution in [0.15, 0.2) is 42.5 Å². The second-order valence-corrected chi connectivity index (χ2v) is 5.11. The molecule has 4 nitrogen and oxygen atoms in total. The summed E-state index contributed by atoms with van der Waals surface area (Å²) in [5.74, 6) is 2.17. The van der Waals surface area contributed by atoms with Crippen LogP contribution >= 0.6 is 11.6 Å². The Kier molecular flexibility index (Phi) is 6.37. The van der Waals surface area contributed by atoms with E-state index in [2.05, 4.69) is 0 Å². The molecule has 5 heteroatoms. The fraction of sp³-hybridized carbons (Fsp3) is 0.294. The molecule has 0 aliphatic carbocycles. The summed E-state index contributed by atoms with van der Waals surface area (Å²) < 4.78 is 16.6. The van der Waals surface area contributed by atoms with Crippen LogP contribution in [-0.2, 0) is 6.42 Å². The van der Waals surface area contributed by atoms with Gasteiger partial charge in [0.25, 0.3) is 0 Å². The van der Waals surface area contributed by atoms with Gasteiger partial charge in [-0.25, -0.2) is 0 Å². The third-order valence-corrected chi connectivity index (χ3v) is 3.34. The maximum Gasteiger partial charge on any atom is 0.161 e. The number of halogens is 1. The molecule has 2 aromatic carbocycles. The highest BCUT2D eigenvalue weighted by atomic mass is 35.5. The van der Waals surface area contributed by atoms with Gasteiger partial charge in [0.2, 0.25) is 0 Å². The first-order valence-electron chi connectivity index (χ1n) is 7.11. The molecule has 118 valence electrons. The molecule has 0 atom stereocenters. The van der Waals surface area contributed by atoms with E-state index in [0.29, 0.717) is 36.3 Å².